The monoisotopic (exact) mass is 415 g/mol. The third-order valence-electron chi connectivity index (χ3n) is 6.09. The highest BCUT2D eigenvalue weighted by atomic mass is 32.1. The lowest BCUT2D eigenvalue weighted by atomic mass is 9.93. The standard InChI is InChI=1S/C23H30FN3OS/c1-16-13-18(24)9-10-19(16)25-22(28)11-8-17-5-4-12-27(14-17)15-23-26-20-6-2-3-7-21(20)29-23/h9-10,13,17H,2-8,11-12,14-15H2,1H3,(H,25,28). The Morgan fingerprint density at radius 1 is 1.31 bits per heavy atom. The molecule has 4 rings (SSSR count). The molecule has 6 heteroatoms. The number of aromatic nitrogens is 1. The molecule has 2 heterocycles. The van der Waals surface area contributed by atoms with Gasteiger partial charge >= 0.3 is 0 Å². The number of aryl methyl sites for hydroxylation is 3. The van der Waals surface area contributed by atoms with E-state index in [-0.39, 0.29) is 11.7 Å². The van der Waals surface area contributed by atoms with Gasteiger partial charge in [-0.3, -0.25) is 9.69 Å². The number of hydrogen-bond donors (Lipinski definition) is 1. The lowest BCUT2D eigenvalue weighted by Crippen LogP contribution is -2.35. The van der Waals surface area contributed by atoms with E-state index < -0.39 is 0 Å². The number of rotatable bonds is 6. The van der Waals surface area contributed by atoms with Gasteiger partial charge in [-0.25, -0.2) is 9.37 Å². The number of hydrogen-bond acceptors (Lipinski definition) is 4. The summed E-state index contributed by atoms with van der Waals surface area (Å²) in [6.07, 6.45) is 8.73. The molecule has 1 saturated heterocycles. The van der Waals surface area contributed by atoms with Crippen molar-refractivity contribution >= 4 is 22.9 Å². The Labute approximate surface area is 176 Å². The van der Waals surface area contributed by atoms with Crippen molar-refractivity contribution in [3.63, 3.8) is 0 Å². The number of piperidine rings is 1. The van der Waals surface area contributed by atoms with Crippen molar-refractivity contribution in [3.05, 3.63) is 45.2 Å². The van der Waals surface area contributed by atoms with Gasteiger partial charge in [-0.05, 0) is 88.1 Å². The molecule has 0 saturated carbocycles. The average Bonchev–Trinajstić information content (AvgIpc) is 3.11. The first-order valence-corrected chi connectivity index (χ1v) is 11.6. The molecule has 1 aliphatic carbocycles. The van der Waals surface area contributed by atoms with Crippen LogP contribution in [0.25, 0.3) is 0 Å². The molecule has 2 aromatic rings. The number of carbonyl (C=O) groups is 1. The van der Waals surface area contributed by atoms with Gasteiger partial charge in [0.05, 0.1) is 12.2 Å². The van der Waals surface area contributed by atoms with Crippen molar-refractivity contribution < 1.29 is 9.18 Å². The normalized spacial score (nSPS) is 19.7. The Bertz CT molecular complexity index is 842. The van der Waals surface area contributed by atoms with Crippen LogP contribution in [0.1, 0.15) is 59.7 Å². The lowest BCUT2D eigenvalue weighted by Gasteiger charge is -2.32. The molecule has 0 bridgehead atoms. The summed E-state index contributed by atoms with van der Waals surface area (Å²) in [5.74, 6) is 0.298. The summed E-state index contributed by atoms with van der Waals surface area (Å²) in [5, 5.41) is 4.19. The predicted molar refractivity (Wildman–Crippen MR) is 116 cm³/mol. The number of nitrogens with one attached hydrogen (secondary N) is 1. The van der Waals surface area contributed by atoms with Gasteiger partial charge in [0.2, 0.25) is 5.91 Å². The van der Waals surface area contributed by atoms with E-state index in [4.69, 9.17) is 4.98 Å². The van der Waals surface area contributed by atoms with Crippen molar-refractivity contribution in [1.82, 2.24) is 9.88 Å². The Kier molecular flexibility index (Phi) is 6.60. The number of amides is 1. The molecule has 1 aromatic heterocycles. The van der Waals surface area contributed by atoms with Crippen LogP contribution in [-0.4, -0.2) is 28.9 Å². The first-order valence-electron chi connectivity index (χ1n) is 10.8. The quantitative estimate of drug-likeness (QED) is 0.714. The Morgan fingerprint density at radius 2 is 2.17 bits per heavy atom. The number of likely N-dealkylation sites (tertiary alicyclic amines) is 1. The second-order valence-electron chi connectivity index (χ2n) is 8.47. The second kappa shape index (κ2) is 9.35. The van der Waals surface area contributed by atoms with Crippen molar-refractivity contribution in [2.75, 3.05) is 18.4 Å². The molecule has 1 N–H and O–H groups in total. The summed E-state index contributed by atoms with van der Waals surface area (Å²) in [6.45, 7) is 4.94. The zero-order valence-electron chi connectivity index (χ0n) is 17.2. The van der Waals surface area contributed by atoms with Crippen molar-refractivity contribution in [2.24, 2.45) is 5.92 Å². The van der Waals surface area contributed by atoms with E-state index in [0.717, 1.165) is 38.0 Å². The number of fused-ring (bicyclic) bond motifs is 1. The van der Waals surface area contributed by atoms with Gasteiger partial charge in [-0.1, -0.05) is 0 Å². The fraction of sp³-hybridized carbons (Fsp3) is 0.565. The van der Waals surface area contributed by atoms with Gasteiger partial charge in [0.25, 0.3) is 0 Å². The Hall–Kier alpha value is -1.79. The molecule has 156 valence electrons. The Balaban J connectivity index is 1.25. The molecule has 1 atom stereocenters. The van der Waals surface area contributed by atoms with Crippen LogP contribution < -0.4 is 5.32 Å². The van der Waals surface area contributed by atoms with E-state index >= 15 is 0 Å². The minimum absolute atomic E-state index is 0.0180. The van der Waals surface area contributed by atoms with Crippen LogP contribution in [-0.2, 0) is 24.2 Å². The maximum absolute atomic E-state index is 13.2. The maximum Gasteiger partial charge on any atom is 0.224 e. The fourth-order valence-electron chi connectivity index (χ4n) is 4.51. The molecular formula is C23H30FN3OS. The molecule has 0 spiro atoms. The fourth-order valence-corrected chi connectivity index (χ4v) is 5.71. The molecule has 1 amide bonds. The van der Waals surface area contributed by atoms with E-state index in [1.807, 2.05) is 18.3 Å². The summed E-state index contributed by atoms with van der Waals surface area (Å²) < 4.78 is 13.2. The lowest BCUT2D eigenvalue weighted by molar-refractivity contribution is -0.116. The van der Waals surface area contributed by atoms with E-state index in [1.54, 1.807) is 6.07 Å². The minimum Gasteiger partial charge on any atom is -0.326 e. The van der Waals surface area contributed by atoms with Crippen LogP contribution in [0.3, 0.4) is 0 Å². The molecule has 2 aliphatic rings. The van der Waals surface area contributed by atoms with E-state index in [9.17, 15) is 9.18 Å². The van der Waals surface area contributed by atoms with Gasteiger partial charge in [0.1, 0.15) is 10.8 Å². The topological polar surface area (TPSA) is 45.2 Å². The molecule has 1 aliphatic heterocycles. The highest BCUT2D eigenvalue weighted by molar-refractivity contribution is 7.11. The summed E-state index contributed by atoms with van der Waals surface area (Å²) in [7, 11) is 0. The minimum atomic E-state index is -0.274. The molecule has 4 nitrogen and oxygen atoms in total. The van der Waals surface area contributed by atoms with Crippen LogP contribution in [0.15, 0.2) is 18.2 Å². The van der Waals surface area contributed by atoms with Crippen LogP contribution in [0.5, 0.6) is 0 Å². The molecule has 1 unspecified atom stereocenters. The Morgan fingerprint density at radius 3 is 3.00 bits per heavy atom. The zero-order valence-corrected chi connectivity index (χ0v) is 18.0. The number of carbonyl (C=O) groups excluding carboxylic acids is 1. The van der Waals surface area contributed by atoms with Crippen molar-refractivity contribution in [1.29, 1.82) is 0 Å². The van der Waals surface area contributed by atoms with Gasteiger partial charge in [0, 0.05) is 23.5 Å². The SMILES string of the molecule is Cc1cc(F)ccc1NC(=O)CCC1CCCN(Cc2nc3c(s2)CCCC3)C1. The summed E-state index contributed by atoms with van der Waals surface area (Å²) >= 11 is 1.91. The van der Waals surface area contributed by atoms with Crippen LogP contribution in [0.2, 0.25) is 0 Å². The molecular weight excluding hydrogens is 385 g/mol. The number of anilines is 1. The first-order chi connectivity index (χ1) is 14.1. The molecule has 29 heavy (non-hydrogen) atoms. The second-order valence-corrected chi connectivity index (χ2v) is 9.64. The third kappa shape index (κ3) is 5.43. The number of thiazole rings is 1. The third-order valence-corrected chi connectivity index (χ3v) is 7.24. The van der Waals surface area contributed by atoms with E-state index in [0.29, 0.717) is 18.0 Å². The van der Waals surface area contributed by atoms with Crippen molar-refractivity contribution in [2.45, 2.75) is 64.8 Å². The zero-order chi connectivity index (χ0) is 20.2. The van der Waals surface area contributed by atoms with Crippen LogP contribution in [0.4, 0.5) is 10.1 Å². The smallest absolute Gasteiger partial charge is 0.224 e. The molecule has 0 radical (unpaired) electrons. The first kappa shape index (κ1) is 20.5. The number of halogens is 1. The highest BCUT2D eigenvalue weighted by Gasteiger charge is 2.23. The van der Waals surface area contributed by atoms with Gasteiger partial charge in [0.15, 0.2) is 0 Å². The van der Waals surface area contributed by atoms with Gasteiger partial charge in [-0.2, -0.15) is 0 Å². The van der Waals surface area contributed by atoms with Crippen molar-refractivity contribution in [3.8, 4) is 0 Å². The van der Waals surface area contributed by atoms with E-state index in [1.165, 1.54) is 59.8 Å². The van der Waals surface area contributed by atoms with Gasteiger partial charge < -0.3 is 5.32 Å². The number of benzene rings is 1. The highest BCUT2D eigenvalue weighted by Crippen LogP contribution is 2.29. The van der Waals surface area contributed by atoms with E-state index in [2.05, 4.69) is 10.2 Å². The summed E-state index contributed by atoms with van der Waals surface area (Å²) in [5.41, 5.74) is 2.81. The molecule has 1 aromatic carbocycles. The summed E-state index contributed by atoms with van der Waals surface area (Å²) in [6, 6.07) is 4.47. The van der Waals surface area contributed by atoms with Crippen LogP contribution >= 0.6 is 11.3 Å². The maximum atomic E-state index is 13.2. The predicted octanol–water partition coefficient (Wildman–Crippen LogP) is 5.10. The van der Waals surface area contributed by atoms with Crippen LogP contribution in [0, 0.1) is 18.7 Å². The van der Waals surface area contributed by atoms with Gasteiger partial charge in [-0.15, -0.1) is 11.3 Å². The largest absolute Gasteiger partial charge is 0.326 e. The molecule has 1 fully saturated rings. The summed E-state index contributed by atoms with van der Waals surface area (Å²) in [4.78, 5) is 21.3. The number of nitrogens with zero attached hydrogens (tertiary/aromatic N) is 2. The average molecular weight is 416 g/mol.